The van der Waals surface area contributed by atoms with Gasteiger partial charge in [0, 0.05) is 5.92 Å². The summed E-state index contributed by atoms with van der Waals surface area (Å²) in [6, 6.07) is 7.30. The third-order valence-corrected chi connectivity index (χ3v) is 2.81. The van der Waals surface area contributed by atoms with Gasteiger partial charge >= 0.3 is 6.18 Å². The number of aliphatic hydroxyl groups is 1. The molecule has 1 aliphatic rings. The van der Waals surface area contributed by atoms with E-state index in [1.165, 1.54) is 24.3 Å². The first-order valence-corrected chi connectivity index (χ1v) is 4.81. The quantitative estimate of drug-likeness (QED) is 0.805. The summed E-state index contributed by atoms with van der Waals surface area (Å²) in [5.74, 6) is -0.681. The lowest BCUT2D eigenvalue weighted by molar-refractivity contribution is -0.275. The van der Waals surface area contributed by atoms with E-state index in [0.29, 0.717) is 12.8 Å². The lowest BCUT2D eigenvalue weighted by Crippen LogP contribution is -2.44. The molecular formula is C11H11F3O. The number of benzene rings is 1. The molecule has 0 aliphatic heterocycles. The van der Waals surface area contributed by atoms with Gasteiger partial charge in [-0.25, -0.2) is 0 Å². The molecule has 4 heteroatoms. The number of hydrogen-bond donors (Lipinski definition) is 1. The van der Waals surface area contributed by atoms with Gasteiger partial charge in [0.2, 0.25) is 0 Å². The topological polar surface area (TPSA) is 20.2 Å². The van der Waals surface area contributed by atoms with Gasteiger partial charge in [-0.1, -0.05) is 30.3 Å². The Kier molecular flexibility index (Phi) is 2.26. The zero-order valence-electron chi connectivity index (χ0n) is 7.96. The fourth-order valence-corrected chi connectivity index (χ4v) is 1.82. The van der Waals surface area contributed by atoms with E-state index in [0.717, 1.165) is 0 Å². The molecule has 2 rings (SSSR count). The second-order valence-corrected chi connectivity index (χ2v) is 3.90. The van der Waals surface area contributed by atoms with Gasteiger partial charge in [-0.05, 0) is 18.4 Å². The van der Waals surface area contributed by atoms with E-state index in [1.807, 2.05) is 0 Å². The zero-order chi connectivity index (χ0) is 11.1. The van der Waals surface area contributed by atoms with Gasteiger partial charge in [-0.2, -0.15) is 13.2 Å². The molecule has 0 unspecified atom stereocenters. The minimum absolute atomic E-state index is 0.0556. The molecule has 0 heterocycles. The number of rotatable bonds is 2. The molecule has 1 N–H and O–H groups in total. The molecule has 0 amide bonds. The highest BCUT2D eigenvalue weighted by atomic mass is 19.4. The standard InChI is InChI=1S/C11H11F3O/c12-11(13,14)10(15,9-6-7-9)8-4-2-1-3-5-8/h1-5,9,15H,6-7H2/t10-/m0/s1. The van der Waals surface area contributed by atoms with Crippen molar-refractivity contribution in [2.45, 2.75) is 24.6 Å². The van der Waals surface area contributed by atoms with E-state index < -0.39 is 17.7 Å². The second kappa shape index (κ2) is 3.23. The van der Waals surface area contributed by atoms with Crippen LogP contribution in [0, 0.1) is 5.92 Å². The van der Waals surface area contributed by atoms with Crippen LogP contribution in [0.25, 0.3) is 0 Å². The van der Waals surface area contributed by atoms with Crippen molar-refractivity contribution in [3.63, 3.8) is 0 Å². The maximum Gasteiger partial charge on any atom is 0.421 e. The van der Waals surface area contributed by atoms with Gasteiger partial charge in [0.05, 0.1) is 0 Å². The average Bonchev–Trinajstić information content (AvgIpc) is 2.99. The summed E-state index contributed by atoms with van der Waals surface area (Å²) in [4.78, 5) is 0. The van der Waals surface area contributed by atoms with E-state index in [2.05, 4.69) is 0 Å². The maximum atomic E-state index is 12.8. The van der Waals surface area contributed by atoms with E-state index in [1.54, 1.807) is 6.07 Å². The van der Waals surface area contributed by atoms with Crippen molar-refractivity contribution < 1.29 is 18.3 Å². The first-order chi connectivity index (χ1) is 6.96. The average molecular weight is 216 g/mol. The lowest BCUT2D eigenvalue weighted by atomic mass is 9.88. The van der Waals surface area contributed by atoms with Crippen molar-refractivity contribution in [3.8, 4) is 0 Å². The fourth-order valence-electron chi connectivity index (χ4n) is 1.82. The summed E-state index contributed by atoms with van der Waals surface area (Å²) in [5.41, 5.74) is -2.71. The van der Waals surface area contributed by atoms with Crippen LogP contribution >= 0.6 is 0 Å². The van der Waals surface area contributed by atoms with Crippen molar-refractivity contribution in [3.05, 3.63) is 35.9 Å². The maximum absolute atomic E-state index is 12.8. The van der Waals surface area contributed by atoms with Crippen molar-refractivity contribution in [2.75, 3.05) is 0 Å². The molecule has 0 bridgehead atoms. The second-order valence-electron chi connectivity index (χ2n) is 3.90. The molecule has 1 nitrogen and oxygen atoms in total. The Morgan fingerprint density at radius 2 is 1.60 bits per heavy atom. The largest absolute Gasteiger partial charge is 0.421 e. The van der Waals surface area contributed by atoms with Crippen LogP contribution in [-0.4, -0.2) is 11.3 Å². The monoisotopic (exact) mass is 216 g/mol. The molecule has 1 fully saturated rings. The Balaban J connectivity index is 2.44. The number of alkyl halides is 3. The molecule has 0 radical (unpaired) electrons. The first-order valence-electron chi connectivity index (χ1n) is 4.81. The van der Waals surface area contributed by atoms with Crippen LogP contribution in [0.3, 0.4) is 0 Å². The highest BCUT2D eigenvalue weighted by molar-refractivity contribution is 5.26. The van der Waals surface area contributed by atoms with E-state index in [4.69, 9.17) is 0 Å². The van der Waals surface area contributed by atoms with Crippen LogP contribution in [0.15, 0.2) is 30.3 Å². The zero-order valence-corrected chi connectivity index (χ0v) is 7.96. The van der Waals surface area contributed by atoms with Crippen molar-refractivity contribution in [2.24, 2.45) is 5.92 Å². The van der Waals surface area contributed by atoms with E-state index in [9.17, 15) is 18.3 Å². The number of hydrogen-bond acceptors (Lipinski definition) is 1. The first kappa shape index (κ1) is 10.5. The van der Waals surface area contributed by atoms with Crippen LogP contribution in [0.5, 0.6) is 0 Å². The molecule has 1 aromatic carbocycles. The van der Waals surface area contributed by atoms with Gasteiger partial charge < -0.3 is 5.11 Å². The molecular weight excluding hydrogens is 205 g/mol. The van der Waals surface area contributed by atoms with Gasteiger partial charge in [-0.3, -0.25) is 0 Å². The summed E-state index contributed by atoms with van der Waals surface area (Å²) < 4.78 is 38.5. The molecule has 1 atom stereocenters. The van der Waals surface area contributed by atoms with Gasteiger partial charge in [0.25, 0.3) is 0 Å². The predicted octanol–water partition coefficient (Wildman–Crippen LogP) is 2.85. The Morgan fingerprint density at radius 1 is 1.07 bits per heavy atom. The van der Waals surface area contributed by atoms with Gasteiger partial charge in [0.1, 0.15) is 0 Å². The third-order valence-electron chi connectivity index (χ3n) is 2.81. The van der Waals surface area contributed by atoms with Crippen LogP contribution in [0.1, 0.15) is 18.4 Å². The van der Waals surface area contributed by atoms with Gasteiger partial charge in [0.15, 0.2) is 5.60 Å². The molecule has 82 valence electrons. The Labute approximate surface area is 85.5 Å². The van der Waals surface area contributed by atoms with Crippen LogP contribution < -0.4 is 0 Å². The third kappa shape index (κ3) is 1.63. The van der Waals surface area contributed by atoms with Crippen LogP contribution in [0.4, 0.5) is 13.2 Å². The molecule has 0 spiro atoms. The Morgan fingerprint density at radius 3 is 2.00 bits per heavy atom. The molecule has 1 aliphatic carbocycles. The molecule has 0 saturated heterocycles. The molecule has 1 aromatic rings. The van der Waals surface area contributed by atoms with Crippen LogP contribution in [-0.2, 0) is 5.60 Å². The predicted molar refractivity (Wildman–Crippen MR) is 49.1 cm³/mol. The van der Waals surface area contributed by atoms with E-state index >= 15 is 0 Å². The smallest absolute Gasteiger partial charge is 0.376 e. The van der Waals surface area contributed by atoms with Crippen molar-refractivity contribution in [1.29, 1.82) is 0 Å². The number of halogens is 3. The summed E-state index contributed by atoms with van der Waals surface area (Å²) in [7, 11) is 0. The molecule has 1 saturated carbocycles. The summed E-state index contributed by atoms with van der Waals surface area (Å²) in [6.07, 6.45) is -3.73. The molecule has 15 heavy (non-hydrogen) atoms. The van der Waals surface area contributed by atoms with E-state index in [-0.39, 0.29) is 5.56 Å². The summed E-state index contributed by atoms with van der Waals surface area (Å²) >= 11 is 0. The Bertz CT molecular complexity index is 343. The van der Waals surface area contributed by atoms with Gasteiger partial charge in [-0.15, -0.1) is 0 Å². The van der Waals surface area contributed by atoms with Crippen molar-refractivity contribution in [1.82, 2.24) is 0 Å². The highest BCUT2D eigenvalue weighted by Crippen LogP contribution is 2.53. The van der Waals surface area contributed by atoms with Crippen molar-refractivity contribution >= 4 is 0 Å². The normalized spacial score (nSPS) is 21.1. The summed E-state index contributed by atoms with van der Waals surface area (Å²) in [5, 5.41) is 9.83. The molecule has 0 aromatic heterocycles. The fraction of sp³-hybridized carbons (Fsp3) is 0.455. The summed E-state index contributed by atoms with van der Waals surface area (Å²) in [6.45, 7) is 0. The minimum atomic E-state index is -4.60. The van der Waals surface area contributed by atoms with Crippen LogP contribution in [0.2, 0.25) is 0 Å². The highest BCUT2D eigenvalue weighted by Gasteiger charge is 2.62. The lowest BCUT2D eigenvalue weighted by Gasteiger charge is -2.31. The Hall–Kier alpha value is -1.03. The minimum Gasteiger partial charge on any atom is -0.376 e. The SMILES string of the molecule is O[C@@](c1ccccc1)(C1CC1)C(F)(F)F.